The van der Waals surface area contributed by atoms with Gasteiger partial charge in [-0.25, -0.2) is 0 Å². The fourth-order valence-corrected chi connectivity index (χ4v) is 2.43. The van der Waals surface area contributed by atoms with Crippen LogP contribution in [-0.2, 0) is 6.54 Å². The van der Waals surface area contributed by atoms with Crippen molar-refractivity contribution in [1.82, 2.24) is 10.5 Å². The van der Waals surface area contributed by atoms with Crippen molar-refractivity contribution in [2.45, 2.75) is 45.7 Å². The Labute approximate surface area is 91.2 Å². The Kier molecular flexibility index (Phi) is 3.41. The zero-order valence-electron chi connectivity index (χ0n) is 9.57. The van der Waals surface area contributed by atoms with Gasteiger partial charge in [-0.05, 0) is 18.3 Å². The highest BCUT2D eigenvalue weighted by atomic mass is 16.5. The summed E-state index contributed by atoms with van der Waals surface area (Å²) in [7, 11) is 0. The molecule has 3 heteroatoms. The van der Waals surface area contributed by atoms with Crippen LogP contribution in [0.15, 0.2) is 17.0 Å². The summed E-state index contributed by atoms with van der Waals surface area (Å²) in [6, 6.07) is 0.656. The van der Waals surface area contributed by atoms with E-state index in [2.05, 4.69) is 24.3 Å². The minimum absolute atomic E-state index is 0.656. The third kappa shape index (κ3) is 2.59. The predicted octanol–water partition coefficient (Wildman–Crippen LogP) is 2.59. The van der Waals surface area contributed by atoms with Crippen LogP contribution >= 0.6 is 0 Å². The van der Waals surface area contributed by atoms with Crippen LogP contribution in [-0.4, -0.2) is 11.2 Å². The summed E-state index contributed by atoms with van der Waals surface area (Å²) < 4.78 is 4.81. The van der Waals surface area contributed by atoms with E-state index in [-0.39, 0.29) is 0 Å². The van der Waals surface area contributed by atoms with Crippen molar-refractivity contribution in [3.8, 4) is 0 Å². The molecule has 0 bridgehead atoms. The second-order valence-electron chi connectivity index (χ2n) is 4.79. The second-order valence-corrected chi connectivity index (χ2v) is 4.79. The van der Waals surface area contributed by atoms with Crippen molar-refractivity contribution in [2.24, 2.45) is 11.8 Å². The molecule has 0 aromatic carbocycles. The third-order valence-corrected chi connectivity index (χ3v) is 3.76. The lowest BCUT2D eigenvalue weighted by molar-refractivity contribution is 0.206. The van der Waals surface area contributed by atoms with Crippen LogP contribution in [0.25, 0.3) is 0 Å². The molecular weight excluding hydrogens is 188 g/mol. The molecule has 0 amide bonds. The highest BCUT2D eigenvalue weighted by Crippen LogP contribution is 2.29. The highest BCUT2D eigenvalue weighted by Gasteiger charge is 2.26. The van der Waals surface area contributed by atoms with Gasteiger partial charge in [0.25, 0.3) is 0 Å². The van der Waals surface area contributed by atoms with Crippen LogP contribution in [0.3, 0.4) is 0 Å². The van der Waals surface area contributed by atoms with Crippen molar-refractivity contribution in [1.29, 1.82) is 0 Å². The van der Waals surface area contributed by atoms with E-state index >= 15 is 0 Å². The lowest BCUT2D eigenvalue weighted by atomic mass is 9.78. The lowest BCUT2D eigenvalue weighted by Gasteiger charge is -2.34. The maximum absolute atomic E-state index is 4.81. The molecule has 3 unspecified atom stereocenters. The minimum atomic E-state index is 0.656. The number of nitrogens with zero attached hydrogens (tertiary/aromatic N) is 1. The Bertz CT molecular complexity index is 284. The largest absolute Gasteiger partial charge is 0.364 e. The Morgan fingerprint density at radius 2 is 2.33 bits per heavy atom. The molecule has 3 nitrogen and oxygen atoms in total. The van der Waals surface area contributed by atoms with E-state index < -0.39 is 0 Å². The van der Waals surface area contributed by atoms with Crippen molar-refractivity contribution >= 4 is 0 Å². The molecule has 0 saturated heterocycles. The molecule has 1 N–H and O–H groups in total. The Balaban J connectivity index is 1.83. The van der Waals surface area contributed by atoms with E-state index in [1.54, 1.807) is 12.5 Å². The van der Waals surface area contributed by atoms with Crippen molar-refractivity contribution in [2.75, 3.05) is 0 Å². The highest BCUT2D eigenvalue weighted by molar-refractivity contribution is 5.00. The van der Waals surface area contributed by atoms with Gasteiger partial charge >= 0.3 is 0 Å². The maximum Gasteiger partial charge on any atom is 0.128 e. The molecule has 0 radical (unpaired) electrons. The van der Waals surface area contributed by atoms with Gasteiger partial charge in [0, 0.05) is 18.2 Å². The number of nitrogens with one attached hydrogen (secondary N) is 1. The molecule has 0 aliphatic heterocycles. The normalized spacial score (nSPS) is 31.7. The van der Waals surface area contributed by atoms with Crippen molar-refractivity contribution in [3.63, 3.8) is 0 Å². The Morgan fingerprint density at radius 3 is 3.07 bits per heavy atom. The molecular formula is C12H20N2O. The summed E-state index contributed by atoms with van der Waals surface area (Å²) in [6.45, 7) is 5.60. The Hall–Kier alpha value is -0.830. The lowest BCUT2D eigenvalue weighted by Crippen LogP contribution is -2.40. The standard InChI is InChI=1S/C12H20N2O/c1-9-4-3-5-12(10(9)2)13-6-11-7-14-15-8-11/h7-10,12-13H,3-6H2,1-2H3. The molecule has 15 heavy (non-hydrogen) atoms. The summed E-state index contributed by atoms with van der Waals surface area (Å²) in [5.41, 5.74) is 1.14. The summed E-state index contributed by atoms with van der Waals surface area (Å²) in [5, 5.41) is 7.31. The first kappa shape index (κ1) is 10.7. The number of hydrogen-bond donors (Lipinski definition) is 1. The first-order valence-electron chi connectivity index (χ1n) is 5.89. The van der Waals surface area contributed by atoms with E-state index in [9.17, 15) is 0 Å². The van der Waals surface area contributed by atoms with E-state index in [0.29, 0.717) is 6.04 Å². The number of hydrogen-bond acceptors (Lipinski definition) is 3. The fraction of sp³-hybridized carbons (Fsp3) is 0.750. The van der Waals surface area contributed by atoms with Crippen molar-refractivity contribution in [3.05, 3.63) is 18.0 Å². The average molecular weight is 208 g/mol. The first-order valence-corrected chi connectivity index (χ1v) is 5.89. The quantitative estimate of drug-likeness (QED) is 0.829. The molecule has 1 heterocycles. The molecule has 3 atom stereocenters. The van der Waals surface area contributed by atoms with Crippen LogP contribution < -0.4 is 5.32 Å². The Morgan fingerprint density at radius 1 is 1.47 bits per heavy atom. The topological polar surface area (TPSA) is 38.1 Å². The summed E-state index contributed by atoms with van der Waals surface area (Å²) in [6.07, 6.45) is 7.53. The van der Waals surface area contributed by atoms with Gasteiger partial charge in [0.1, 0.15) is 6.26 Å². The molecule has 1 aliphatic carbocycles. The molecule has 0 spiro atoms. The van der Waals surface area contributed by atoms with Crippen LogP contribution in [0.2, 0.25) is 0 Å². The monoisotopic (exact) mass is 208 g/mol. The number of rotatable bonds is 3. The van der Waals surface area contributed by atoms with Crippen LogP contribution in [0.5, 0.6) is 0 Å². The van der Waals surface area contributed by atoms with Gasteiger partial charge in [-0.1, -0.05) is 31.8 Å². The van der Waals surface area contributed by atoms with Crippen LogP contribution in [0, 0.1) is 11.8 Å². The van der Waals surface area contributed by atoms with E-state index in [0.717, 1.165) is 23.9 Å². The summed E-state index contributed by atoms with van der Waals surface area (Å²) in [5.74, 6) is 1.62. The SMILES string of the molecule is CC1CCCC(NCc2cnoc2)C1C. The molecule has 1 aliphatic rings. The van der Waals surface area contributed by atoms with Gasteiger partial charge in [0.05, 0.1) is 6.20 Å². The molecule has 1 saturated carbocycles. The summed E-state index contributed by atoms with van der Waals surface area (Å²) in [4.78, 5) is 0. The molecule has 1 aromatic heterocycles. The van der Waals surface area contributed by atoms with Gasteiger partial charge in [-0.15, -0.1) is 0 Å². The van der Waals surface area contributed by atoms with Gasteiger partial charge in [0.15, 0.2) is 0 Å². The van der Waals surface area contributed by atoms with E-state index in [1.165, 1.54) is 19.3 Å². The summed E-state index contributed by atoms with van der Waals surface area (Å²) >= 11 is 0. The molecule has 2 rings (SSSR count). The average Bonchev–Trinajstić information content (AvgIpc) is 2.73. The molecule has 1 aromatic rings. The van der Waals surface area contributed by atoms with Crippen LogP contribution in [0.1, 0.15) is 38.7 Å². The predicted molar refractivity (Wildman–Crippen MR) is 59.3 cm³/mol. The fourth-order valence-electron chi connectivity index (χ4n) is 2.43. The van der Waals surface area contributed by atoms with E-state index in [4.69, 9.17) is 4.52 Å². The van der Waals surface area contributed by atoms with Gasteiger partial charge < -0.3 is 9.84 Å². The van der Waals surface area contributed by atoms with Gasteiger partial charge in [-0.3, -0.25) is 0 Å². The van der Waals surface area contributed by atoms with Gasteiger partial charge in [0.2, 0.25) is 0 Å². The molecule has 84 valence electrons. The minimum Gasteiger partial charge on any atom is -0.364 e. The molecule has 1 fully saturated rings. The van der Waals surface area contributed by atoms with E-state index in [1.807, 2.05) is 0 Å². The third-order valence-electron chi connectivity index (χ3n) is 3.76. The maximum atomic E-state index is 4.81. The number of aromatic nitrogens is 1. The van der Waals surface area contributed by atoms with Crippen LogP contribution in [0.4, 0.5) is 0 Å². The smallest absolute Gasteiger partial charge is 0.128 e. The zero-order valence-corrected chi connectivity index (χ0v) is 9.57. The van der Waals surface area contributed by atoms with Gasteiger partial charge in [-0.2, -0.15) is 0 Å². The van der Waals surface area contributed by atoms with Crippen molar-refractivity contribution < 1.29 is 4.52 Å². The first-order chi connectivity index (χ1) is 7.27. The zero-order chi connectivity index (χ0) is 10.7. The second kappa shape index (κ2) is 4.79.